The van der Waals surface area contributed by atoms with Crippen molar-refractivity contribution in [3.8, 4) is 5.75 Å². The van der Waals surface area contributed by atoms with Crippen LogP contribution < -0.4 is 21.3 Å². The van der Waals surface area contributed by atoms with Crippen molar-refractivity contribution in [1.82, 2.24) is 31.2 Å². The Hall–Kier alpha value is -4.38. The van der Waals surface area contributed by atoms with Gasteiger partial charge in [0.15, 0.2) is 11.5 Å². The largest absolute Gasteiger partial charge is 0.505 e. The van der Waals surface area contributed by atoms with E-state index in [0.717, 1.165) is 6.07 Å². The molecule has 6 N–H and O–H groups in total. The summed E-state index contributed by atoms with van der Waals surface area (Å²) in [5, 5.41) is 30.7. The van der Waals surface area contributed by atoms with E-state index < -0.39 is 113 Å². The molecule has 0 aliphatic carbocycles. The summed E-state index contributed by atoms with van der Waals surface area (Å²) in [6, 6.07) is -3.44. The number of hydrogen-bond donors (Lipinski definition) is 6. The lowest BCUT2D eigenvalue weighted by molar-refractivity contribution is -0.144. The standard InChI is InChI=1S/C26H28F4N6O7/c1-9-20(38)12(8-11-15(27)16(28)22(30)36-21(11)29)33-24(40)17(34-25(41)18-13(37)4-3-6-31-18)10(2)32-26(42)19(35-23(9)39)14-5-7-43-14/h3-4,6,9-10,12,14,17,19-20,37-38H,5,7-8H2,1-2H3,(H,32,42)(H,33,40)(H,34,41)(H,35,39)/t9-,10-,12+,14?,17+,19?,20+/m1/s1. The number of aromatic nitrogens is 2. The molecule has 0 spiro atoms. The monoisotopic (exact) mass is 612 g/mol. The Kier molecular flexibility index (Phi) is 9.44. The third-order valence-electron chi connectivity index (χ3n) is 7.30. The molecule has 7 atom stereocenters. The number of carbonyl (C=O) groups is 4. The minimum absolute atomic E-state index is 0.300. The van der Waals surface area contributed by atoms with Crippen molar-refractivity contribution in [3.63, 3.8) is 0 Å². The molecule has 2 fully saturated rings. The Morgan fingerprint density at radius 2 is 1.74 bits per heavy atom. The minimum Gasteiger partial charge on any atom is -0.505 e. The number of nitrogens with one attached hydrogen (secondary N) is 4. The number of nitrogens with zero attached hydrogens (tertiary/aromatic N) is 2. The van der Waals surface area contributed by atoms with Gasteiger partial charge >= 0.3 is 0 Å². The van der Waals surface area contributed by atoms with Crippen LogP contribution in [0.2, 0.25) is 0 Å². The van der Waals surface area contributed by atoms with E-state index in [1.165, 1.54) is 26.1 Å². The molecular weight excluding hydrogens is 584 g/mol. The maximum Gasteiger partial charge on any atom is 0.274 e. The van der Waals surface area contributed by atoms with Crippen LogP contribution in [-0.2, 0) is 25.5 Å². The van der Waals surface area contributed by atoms with Gasteiger partial charge in [0.25, 0.3) is 11.9 Å². The van der Waals surface area contributed by atoms with E-state index in [2.05, 4.69) is 31.2 Å². The fourth-order valence-corrected chi connectivity index (χ4v) is 4.67. The zero-order valence-corrected chi connectivity index (χ0v) is 22.7. The fourth-order valence-electron chi connectivity index (χ4n) is 4.67. The Morgan fingerprint density at radius 3 is 2.37 bits per heavy atom. The van der Waals surface area contributed by atoms with Gasteiger partial charge < -0.3 is 36.2 Å². The maximum atomic E-state index is 14.6. The summed E-state index contributed by atoms with van der Waals surface area (Å²) in [6.45, 7) is 2.82. The minimum atomic E-state index is -2.10. The normalized spacial score (nSPS) is 28.3. The molecule has 4 heterocycles. The molecule has 2 aliphatic rings. The lowest BCUT2D eigenvalue weighted by Gasteiger charge is -2.37. The molecule has 43 heavy (non-hydrogen) atoms. The highest BCUT2D eigenvalue weighted by atomic mass is 19.2. The average molecular weight is 613 g/mol. The van der Waals surface area contributed by atoms with Crippen molar-refractivity contribution in [2.24, 2.45) is 5.92 Å². The number of aromatic hydroxyl groups is 1. The number of aliphatic hydroxyl groups is 1. The van der Waals surface area contributed by atoms with Crippen LogP contribution in [-0.4, -0.2) is 86.8 Å². The topological polar surface area (TPSA) is 192 Å². The first kappa shape index (κ1) is 31.6. The van der Waals surface area contributed by atoms with Crippen LogP contribution in [0.25, 0.3) is 0 Å². The molecule has 0 saturated carbocycles. The number of halogens is 4. The molecule has 0 radical (unpaired) electrons. The van der Waals surface area contributed by atoms with Crippen molar-refractivity contribution in [3.05, 3.63) is 53.1 Å². The van der Waals surface area contributed by atoms with Gasteiger partial charge in [-0.05, 0) is 25.5 Å². The van der Waals surface area contributed by atoms with E-state index in [4.69, 9.17) is 4.74 Å². The Bertz CT molecular complexity index is 1430. The second-order valence-corrected chi connectivity index (χ2v) is 10.2. The summed E-state index contributed by atoms with van der Waals surface area (Å²) in [4.78, 5) is 59.2. The molecule has 2 saturated heterocycles. The molecule has 2 aliphatic heterocycles. The van der Waals surface area contributed by atoms with Gasteiger partial charge in [0.05, 0.1) is 30.2 Å². The molecule has 0 aromatic carbocycles. The fraction of sp³-hybridized carbons (Fsp3) is 0.462. The molecule has 0 bridgehead atoms. The zero-order valence-electron chi connectivity index (χ0n) is 22.7. The molecule has 4 rings (SSSR count). The van der Waals surface area contributed by atoms with E-state index in [1.807, 2.05) is 0 Å². The number of amides is 4. The number of aliphatic hydroxyl groups excluding tert-OH is 1. The Labute approximate surface area is 241 Å². The van der Waals surface area contributed by atoms with Crippen LogP contribution in [0, 0.1) is 29.4 Å². The predicted molar refractivity (Wildman–Crippen MR) is 136 cm³/mol. The lowest BCUT2D eigenvalue weighted by atomic mass is 9.90. The summed E-state index contributed by atoms with van der Waals surface area (Å²) in [5.74, 6) is -13.7. The molecule has 232 valence electrons. The van der Waals surface area contributed by atoms with Crippen LogP contribution in [0.5, 0.6) is 5.75 Å². The van der Waals surface area contributed by atoms with Gasteiger partial charge in [0.2, 0.25) is 29.5 Å². The first-order chi connectivity index (χ1) is 20.3. The molecule has 2 unspecified atom stereocenters. The second kappa shape index (κ2) is 12.9. The summed E-state index contributed by atoms with van der Waals surface area (Å²) in [5.41, 5.74) is -1.61. The number of hydrogen-bond acceptors (Lipinski definition) is 9. The van der Waals surface area contributed by atoms with Gasteiger partial charge in [-0.25, -0.2) is 9.37 Å². The van der Waals surface area contributed by atoms with E-state index in [1.54, 1.807) is 0 Å². The van der Waals surface area contributed by atoms with Crippen molar-refractivity contribution >= 4 is 23.6 Å². The highest BCUT2D eigenvalue weighted by molar-refractivity contribution is 5.98. The van der Waals surface area contributed by atoms with E-state index >= 15 is 0 Å². The van der Waals surface area contributed by atoms with Crippen LogP contribution in [0.15, 0.2) is 18.3 Å². The number of pyridine rings is 2. The lowest BCUT2D eigenvalue weighted by Crippen LogP contribution is -2.66. The van der Waals surface area contributed by atoms with Crippen molar-refractivity contribution < 1.29 is 51.7 Å². The summed E-state index contributed by atoms with van der Waals surface area (Å²) in [6.07, 6.45) is -2.12. The SMILES string of the molecule is C[C@H]1NC(=O)C(C2CCO2)NC(=O)[C@H](C)[C@H](O)[C@H](Cc2c(F)nc(F)c(F)c2F)NC(=O)[C@H]1NC(=O)c1ncccc1O. The van der Waals surface area contributed by atoms with Gasteiger partial charge in [-0.2, -0.15) is 18.2 Å². The zero-order chi connectivity index (χ0) is 31.6. The van der Waals surface area contributed by atoms with Gasteiger partial charge in [-0.3, -0.25) is 19.2 Å². The third-order valence-corrected chi connectivity index (χ3v) is 7.30. The average Bonchev–Trinajstić information content (AvgIpc) is 2.93. The highest BCUT2D eigenvalue weighted by Crippen LogP contribution is 2.23. The van der Waals surface area contributed by atoms with Crippen LogP contribution >= 0.6 is 0 Å². The second-order valence-electron chi connectivity index (χ2n) is 10.2. The third kappa shape index (κ3) is 6.67. The number of carbonyl (C=O) groups excluding carboxylic acids is 4. The van der Waals surface area contributed by atoms with Crippen molar-refractivity contribution in [2.45, 2.75) is 63.1 Å². The van der Waals surface area contributed by atoms with Crippen molar-refractivity contribution in [2.75, 3.05) is 6.61 Å². The van der Waals surface area contributed by atoms with Gasteiger partial charge in [-0.15, -0.1) is 0 Å². The first-order valence-corrected chi connectivity index (χ1v) is 13.1. The van der Waals surface area contributed by atoms with Gasteiger partial charge in [0, 0.05) is 24.8 Å². The highest BCUT2D eigenvalue weighted by Gasteiger charge is 2.42. The first-order valence-electron chi connectivity index (χ1n) is 13.1. The molecule has 2 aromatic heterocycles. The predicted octanol–water partition coefficient (Wildman–Crippen LogP) is -0.646. The summed E-state index contributed by atoms with van der Waals surface area (Å²) >= 11 is 0. The Morgan fingerprint density at radius 1 is 1.05 bits per heavy atom. The van der Waals surface area contributed by atoms with Crippen molar-refractivity contribution in [1.29, 1.82) is 0 Å². The molecule has 4 amide bonds. The van der Waals surface area contributed by atoms with Crippen LogP contribution in [0.1, 0.15) is 36.3 Å². The van der Waals surface area contributed by atoms with Crippen LogP contribution in [0.4, 0.5) is 17.6 Å². The van der Waals surface area contributed by atoms with Gasteiger partial charge in [-0.1, -0.05) is 6.92 Å². The number of rotatable bonds is 5. The van der Waals surface area contributed by atoms with E-state index in [-0.39, 0.29) is 0 Å². The van der Waals surface area contributed by atoms with Crippen LogP contribution in [0.3, 0.4) is 0 Å². The molecular formula is C26H28F4N6O7. The van der Waals surface area contributed by atoms with E-state index in [0.29, 0.717) is 13.0 Å². The van der Waals surface area contributed by atoms with E-state index in [9.17, 15) is 47.0 Å². The number of ether oxygens (including phenoxy) is 1. The maximum absolute atomic E-state index is 14.6. The van der Waals surface area contributed by atoms with Gasteiger partial charge in [0.1, 0.15) is 17.8 Å². The summed E-state index contributed by atoms with van der Waals surface area (Å²) in [7, 11) is 0. The molecule has 13 nitrogen and oxygen atoms in total. The smallest absolute Gasteiger partial charge is 0.274 e. The molecule has 2 aromatic rings. The molecule has 17 heteroatoms. The quantitative estimate of drug-likeness (QED) is 0.188. The summed E-state index contributed by atoms with van der Waals surface area (Å²) < 4.78 is 61.8. The Balaban J connectivity index is 1.73.